The maximum Gasteiger partial charge on any atom is 0.363 e. The minimum Gasteiger partial charge on any atom is -0.402 e. The number of aliphatic imine (C=N–C) groups is 1. The molecule has 2 aromatic carbocycles. The van der Waals surface area contributed by atoms with Crippen LogP contribution in [-0.2, 0) is 9.53 Å². The number of carbonyl (C=O) groups excluding carboxylic acids is 1. The van der Waals surface area contributed by atoms with Crippen LogP contribution in [0.25, 0.3) is 6.08 Å². The SMILES string of the molecule is O=C1OC(c2ccccc2Br)=N/C1=C\C(Cl)=C\c1ccccc1. The van der Waals surface area contributed by atoms with Crippen LogP contribution in [0.1, 0.15) is 11.1 Å². The monoisotopic (exact) mass is 387 g/mol. The maximum atomic E-state index is 12.0. The van der Waals surface area contributed by atoms with Gasteiger partial charge in [0.25, 0.3) is 0 Å². The summed E-state index contributed by atoms with van der Waals surface area (Å²) in [5, 5.41) is 0.403. The first-order valence-corrected chi connectivity index (χ1v) is 8.00. The first-order valence-electron chi connectivity index (χ1n) is 6.83. The third-order valence-corrected chi connectivity index (χ3v) is 4.01. The number of benzene rings is 2. The van der Waals surface area contributed by atoms with Crippen LogP contribution in [0.4, 0.5) is 0 Å². The summed E-state index contributed by atoms with van der Waals surface area (Å²) in [4.78, 5) is 16.2. The molecule has 3 nitrogen and oxygen atoms in total. The van der Waals surface area contributed by atoms with Crippen molar-refractivity contribution < 1.29 is 9.53 Å². The van der Waals surface area contributed by atoms with Gasteiger partial charge in [-0.2, -0.15) is 0 Å². The van der Waals surface area contributed by atoms with Crippen LogP contribution in [0.15, 0.2) is 80.9 Å². The average molecular weight is 389 g/mol. The Labute approximate surface area is 147 Å². The number of rotatable bonds is 3. The molecule has 0 bridgehead atoms. The van der Waals surface area contributed by atoms with Crippen LogP contribution in [-0.4, -0.2) is 11.9 Å². The molecule has 0 atom stereocenters. The average Bonchev–Trinajstić information content (AvgIpc) is 2.89. The van der Waals surface area contributed by atoms with Crippen molar-refractivity contribution in [3.05, 3.63) is 87.0 Å². The van der Waals surface area contributed by atoms with Crippen molar-refractivity contribution in [2.24, 2.45) is 4.99 Å². The first-order chi connectivity index (χ1) is 11.1. The fourth-order valence-corrected chi connectivity index (χ4v) is 2.72. The summed E-state index contributed by atoms with van der Waals surface area (Å²) in [5.41, 5.74) is 1.83. The van der Waals surface area contributed by atoms with Crippen LogP contribution in [0.2, 0.25) is 0 Å². The molecule has 2 aromatic rings. The largest absolute Gasteiger partial charge is 0.402 e. The van der Waals surface area contributed by atoms with Gasteiger partial charge in [0.2, 0.25) is 5.90 Å². The van der Waals surface area contributed by atoms with E-state index in [1.165, 1.54) is 6.08 Å². The molecule has 0 radical (unpaired) electrons. The van der Waals surface area contributed by atoms with E-state index in [1.807, 2.05) is 54.6 Å². The number of cyclic esters (lactones) is 1. The fraction of sp³-hybridized carbons (Fsp3) is 0. The van der Waals surface area contributed by atoms with E-state index in [2.05, 4.69) is 20.9 Å². The van der Waals surface area contributed by atoms with Gasteiger partial charge in [-0.3, -0.25) is 0 Å². The molecule has 0 fully saturated rings. The Morgan fingerprint density at radius 3 is 2.52 bits per heavy atom. The van der Waals surface area contributed by atoms with Crippen molar-refractivity contribution in [3.8, 4) is 0 Å². The summed E-state index contributed by atoms with van der Waals surface area (Å²) in [6, 6.07) is 17.0. The molecule has 0 saturated heterocycles. The van der Waals surface area contributed by atoms with E-state index in [1.54, 1.807) is 6.08 Å². The Bertz CT molecular complexity index is 841. The summed E-state index contributed by atoms with van der Waals surface area (Å²) in [7, 11) is 0. The minimum absolute atomic E-state index is 0.174. The zero-order valence-electron chi connectivity index (χ0n) is 11.9. The summed E-state index contributed by atoms with van der Waals surface area (Å²) in [6.45, 7) is 0. The molecule has 0 amide bonds. The lowest BCUT2D eigenvalue weighted by molar-refractivity contribution is -0.130. The molecule has 5 heteroatoms. The predicted octanol–water partition coefficient (Wildman–Crippen LogP) is 4.92. The molecule has 114 valence electrons. The quantitative estimate of drug-likeness (QED) is 0.553. The van der Waals surface area contributed by atoms with Gasteiger partial charge in [-0.05, 0) is 45.8 Å². The van der Waals surface area contributed by atoms with Gasteiger partial charge in [-0.15, -0.1) is 0 Å². The molecule has 0 saturated carbocycles. The number of nitrogens with zero attached hydrogens (tertiary/aromatic N) is 1. The van der Waals surface area contributed by atoms with Crippen LogP contribution in [0.3, 0.4) is 0 Å². The molecule has 0 aliphatic carbocycles. The third kappa shape index (κ3) is 3.78. The Hall–Kier alpha value is -2.17. The molecular weight excluding hydrogens is 378 g/mol. The van der Waals surface area contributed by atoms with Crippen LogP contribution in [0, 0.1) is 0 Å². The fourth-order valence-electron chi connectivity index (χ4n) is 2.04. The normalized spacial score (nSPS) is 16.4. The van der Waals surface area contributed by atoms with Gasteiger partial charge >= 0.3 is 5.97 Å². The number of hydrogen-bond donors (Lipinski definition) is 0. The summed E-state index contributed by atoms with van der Waals surface area (Å²) < 4.78 is 6.02. The third-order valence-electron chi connectivity index (χ3n) is 3.10. The highest BCUT2D eigenvalue weighted by Gasteiger charge is 2.25. The lowest BCUT2D eigenvalue weighted by atomic mass is 10.2. The van der Waals surface area contributed by atoms with Crippen molar-refractivity contribution in [1.82, 2.24) is 0 Å². The highest BCUT2D eigenvalue weighted by atomic mass is 79.9. The molecule has 0 spiro atoms. The van der Waals surface area contributed by atoms with Gasteiger partial charge in [0.15, 0.2) is 5.70 Å². The Morgan fingerprint density at radius 2 is 1.78 bits per heavy atom. The summed E-state index contributed by atoms with van der Waals surface area (Å²) in [5.74, 6) is -0.256. The Morgan fingerprint density at radius 1 is 1.09 bits per heavy atom. The molecule has 23 heavy (non-hydrogen) atoms. The van der Waals surface area contributed by atoms with E-state index in [9.17, 15) is 4.79 Å². The summed E-state index contributed by atoms with van der Waals surface area (Å²) in [6.07, 6.45) is 3.26. The molecule has 0 unspecified atom stereocenters. The highest BCUT2D eigenvalue weighted by Crippen LogP contribution is 2.24. The van der Waals surface area contributed by atoms with E-state index in [4.69, 9.17) is 16.3 Å². The topological polar surface area (TPSA) is 38.7 Å². The lowest BCUT2D eigenvalue weighted by Gasteiger charge is -2.01. The van der Waals surface area contributed by atoms with Gasteiger partial charge in [-0.1, -0.05) is 54.1 Å². The zero-order valence-corrected chi connectivity index (χ0v) is 14.2. The highest BCUT2D eigenvalue weighted by molar-refractivity contribution is 9.10. The minimum atomic E-state index is -0.518. The maximum absolute atomic E-state index is 12.0. The standard InChI is InChI=1S/C18H11BrClNO2/c19-15-9-5-4-8-14(15)17-21-16(18(22)23-17)11-13(20)10-12-6-2-1-3-7-12/h1-11H/b13-10-,16-11-. The van der Waals surface area contributed by atoms with E-state index in [-0.39, 0.29) is 11.6 Å². The van der Waals surface area contributed by atoms with Crippen LogP contribution in [0.5, 0.6) is 0 Å². The number of carbonyl (C=O) groups is 1. The predicted molar refractivity (Wildman–Crippen MR) is 95.1 cm³/mol. The van der Waals surface area contributed by atoms with Gasteiger partial charge in [0, 0.05) is 9.51 Å². The molecule has 1 heterocycles. The number of halogens is 2. The van der Waals surface area contributed by atoms with Gasteiger partial charge in [-0.25, -0.2) is 9.79 Å². The Kier molecular flexibility index (Phi) is 4.74. The van der Waals surface area contributed by atoms with Crippen molar-refractivity contribution in [1.29, 1.82) is 0 Å². The molecule has 1 aliphatic rings. The van der Waals surface area contributed by atoms with Gasteiger partial charge in [0.05, 0.1) is 5.56 Å². The van der Waals surface area contributed by atoms with Crippen molar-refractivity contribution in [3.63, 3.8) is 0 Å². The molecular formula is C18H11BrClNO2. The van der Waals surface area contributed by atoms with Crippen molar-refractivity contribution in [2.75, 3.05) is 0 Å². The van der Waals surface area contributed by atoms with Crippen LogP contribution < -0.4 is 0 Å². The first kappa shape index (κ1) is 15.7. The van der Waals surface area contributed by atoms with E-state index >= 15 is 0 Å². The van der Waals surface area contributed by atoms with E-state index in [0.717, 1.165) is 10.0 Å². The number of hydrogen-bond acceptors (Lipinski definition) is 3. The second-order valence-corrected chi connectivity index (χ2v) is 6.05. The summed E-state index contributed by atoms with van der Waals surface area (Å²) >= 11 is 9.60. The van der Waals surface area contributed by atoms with Gasteiger partial charge in [0.1, 0.15) is 0 Å². The molecule has 3 rings (SSSR count). The second-order valence-electron chi connectivity index (χ2n) is 4.76. The second kappa shape index (κ2) is 6.94. The van der Waals surface area contributed by atoms with Crippen molar-refractivity contribution in [2.45, 2.75) is 0 Å². The van der Waals surface area contributed by atoms with E-state index < -0.39 is 5.97 Å². The number of ether oxygens (including phenoxy) is 1. The number of allylic oxidation sites excluding steroid dienone is 2. The van der Waals surface area contributed by atoms with E-state index in [0.29, 0.717) is 10.6 Å². The molecule has 0 aromatic heterocycles. The number of esters is 1. The smallest absolute Gasteiger partial charge is 0.363 e. The van der Waals surface area contributed by atoms with Gasteiger partial charge < -0.3 is 4.74 Å². The Balaban J connectivity index is 1.89. The van der Waals surface area contributed by atoms with Crippen molar-refractivity contribution >= 4 is 45.5 Å². The van der Waals surface area contributed by atoms with Crippen LogP contribution >= 0.6 is 27.5 Å². The molecule has 1 aliphatic heterocycles. The zero-order chi connectivity index (χ0) is 16.2. The lowest BCUT2D eigenvalue weighted by Crippen LogP contribution is -2.05. The molecule has 0 N–H and O–H groups in total.